The molecule has 0 spiro atoms. The van der Waals surface area contributed by atoms with Crippen molar-refractivity contribution in [2.45, 2.75) is 110 Å². The molecule has 0 radical (unpaired) electrons. The van der Waals surface area contributed by atoms with Crippen LogP contribution in [0.3, 0.4) is 0 Å². The minimum Gasteiger partial charge on any atom is -0.377 e. The van der Waals surface area contributed by atoms with Crippen molar-refractivity contribution in [1.29, 1.82) is 0 Å². The maximum absolute atomic E-state index is 6.20. The van der Waals surface area contributed by atoms with Gasteiger partial charge < -0.3 is 32.2 Å². The second kappa shape index (κ2) is 21.5. The van der Waals surface area contributed by atoms with E-state index in [1.54, 1.807) is 21.3 Å². The standard InChI is InChI=1S/C24H52O7Si/c1-7-10-19-28-24(29-20-11-8-2,30-21-12-9-3)18-16-14-13-15-17-22-32(26-5,27-6)31-23-25-4/h7-23H2,1-6H3. The Bertz CT molecular complexity index is 368. The normalized spacial score (nSPS) is 12.6. The predicted octanol–water partition coefficient (Wildman–Crippen LogP) is 6.28. The Morgan fingerprint density at radius 2 is 1.06 bits per heavy atom. The van der Waals surface area contributed by atoms with Crippen LogP contribution in [0.2, 0.25) is 6.04 Å². The number of hydrogen-bond donors (Lipinski definition) is 0. The Labute approximate surface area is 199 Å². The van der Waals surface area contributed by atoms with Crippen molar-refractivity contribution in [2.24, 2.45) is 0 Å². The Morgan fingerprint density at radius 1 is 0.594 bits per heavy atom. The largest absolute Gasteiger partial charge is 0.502 e. The van der Waals surface area contributed by atoms with Crippen LogP contribution >= 0.6 is 0 Å². The summed E-state index contributed by atoms with van der Waals surface area (Å²) in [6.07, 6.45) is 12.5. The van der Waals surface area contributed by atoms with Gasteiger partial charge in [-0.25, -0.2) is 0 Å². The molecule has 0 rings (SSSR count). The van der Waals surface area contributed by atoms with Crippen LogP contribution in [0.25, 0.3) is 0 Å². The molecule has 32 heavy (non-hydrogen) atoms. The van der Waals surface area contributed by atoms with Crippen molar-refractivity contribution in [2.75, 3.05) is 47.9 Å². The molecule has 7 nitrogen and oxygen atoms in total. The molecular formula is C24H52O7Si. The lowest BCUT2D eigenvalue weighted by atomic mass is 10.1. The summed E-state index contributed by atoms with van der Waals surface area (Å²) >= 11 is 0. The molecule has 0 aromatic rings. The van der Waals surface area contributed by atoms with E-state index in [2.05, 4.69) is 20.8 Å². The topological polar surface area (TPSA) is 64.6 Å². The molecule has 194 valence electrons. The summed E-state index contributed by atoms with van der Waals surface area (Å²) in [4.78, 5) is 0. The van der Waals surface area contributed by atoms with Crippen LogP contribution in [0.4, 0.5) is 0 Å². The summed E-state index contributed by atoms with van der Waals surface area (Å²) in [7, 11) is 2.31. The molecule has 0 bridgehead atoms. The summed E-state index contributed by atoms with van der Waals surface area (Å²) in [6.45, 7) is 8.75. The molecule has 0 fully saturated rings. The van der Waals surface area contributed by atoms with Gasteiger partial charge in [-0.3, -0.25) is 0 Å². The molecule has 8 heteroatoms. The van der Waals surface area contributed by atoms with Gasteiger partial charge in [0, 0.05) is 33.8 Å². The minimum atomic E-state index is -2.60. The molecule has 0 saturated heterocycles. The average Bonchev–Trinajstić information content (AvgIpc) is 2.81. The number of methoxy groups -OCH3 is 1. The first kappa shape index (κ1) is 31.9. The first-order chi connectivity index (χ1) is 15.6. The third-order valence-electron chi connectivity index (χ3n) is 5.44. The predicted molar refractivity (Wildman–Crippen MR) is 131 cm³/mol. The van der Waals surface area contributed by atoms with Gasteiger partial charge in [-0.05, 0) is 32.1 Å². The van der Waals surface area contributed by atoms with E-state index in [-0.39, 0.29) is 6.79 Å². The summed E-state index contributed by atoms with van der Waals surface area (Å²) in [5.74, 6) is -0.887. The molecule has 0 aromatic heterocycles. The molecule has 0 saturated carbocycles. The lowest BCUT2D eigenvalue weighted by molar-refractivity contribution is -0.384. The third kappa shape index (κ3) is 15.0. The minimum absolute atomic E-state index is 0.198. The molecule has 0 amide bonds. The summed E-state index contributed by atoms with van der Waals surface area (Å²) in [5, 5.41) is 0. The maximum Gasteiger partial charge on any atom is 0.502 e. The van der Waals surface area contributed by atoms with Gasteiger partial charge in [-0.1, -0.05) is 59.3 Å². The molecule has 0 aliphatic heterocycles. The highest BCUT2D eigenvalue weighted by molar-refractivity contribution is 6.60. The molecule has 0 N–H and O–H groups in total. The number of unbranched alkanes of at least 4 members (excludes halogenated alkanes) is 7. The molecule has 0 unspecified atom stereocenters. The zero-order valence-corrected chi connectivity index (χ0v) is 22.9. The number of rotatable bonds is 25. The van der Waals surface area contributed by atoms with Crippen molar-refractivity contribution >= 4 is 8.80 Å². The zero-order valence-electron chi connectivity index (χ0n) is 21.9. The number of ether oxygens (including phenoxy) is 4. The van der Waals surface area contributed by atoms with Crippen molar-refractivity contribution in [3.05, 3.63) is 0 Å². The molecule has 0 atom stereocenters. The second-order valence-electron chi connectivity index (χ2n) is 8.20. The summed E-state index contributed by atoms with van der Waals surface area (Å²) in [5.41, 5.74) is 0. The van der Waals surface area contributed by atoms with E-state index in [1.165, 1.54) is 0 Å². The fourth-order valence-electron chi connectivity index (χ4n) is 3.30. The van der Waals surface area contributed by atoms with E-state index in [4.69, 9.17) is 32.2 Å². The molecule has 0 heterocycles. The fraction of sp³-hybridized carbons (Fsp3) is 1.00. The van der Waals surface area contributed by atoms with Gasteiger partial charge in [0.05, 0.1) is 19.8 Å². The van der Waals surface area contributed by atoms with Crippen molar-refractivity contribution in [3.63, 3.8) is 0 Å². The summed E-state index contributed by atoms with van der Waals surface area (Å²) in [6, 6.07) is 0.799. The van der Waals surface area contributed by atoms with Gasteiger partial charge in [0.25, 0.3) is 5.97 Å². The quantitative estimate of drug-likeness (QED) is 0.0865. The highest BCUT2D eigenvalue weighted by atomic mass is 28.4. The van der Waals surface area contributed by atoms with E-state index in [0.29, 0.717) is 19.8 Å². The van der Waals surface area contributed by atoms with Crippen molar-refractivity contribution in [1.82, 2.24) is 0 Å². The first-order valence-corrected chi connectivity index (χ1v) is 14.7. The van der Waals surface area contributed by atoms with Crippen LogP contribution in [0.5, 0.6) is 0 Å². The highest BCUT2D eigenvalue weighted by Crippen LogP contribution is 2.26. The van der Waals surface area contributed by atoms with Crippen molar-refractivity contribution < 1.29 is 32.2 Å². The second-order valence-corrected chi connectivity index (χ2v) is 11.2. The monoisotopic (exact) mass is 480 g/mol. The smallest absolute Gasteiger partial charge is 0.377 e. The van der Waals surface area contributed by atoms with Gasteiger partial charge in [-0.2, -0.15) is 0 Å². The zero-order chi connectivity index (χ0) is 24.0. The Balaban J connectivity index is 4.54. The van der Waals surface area contributed by atoms with Crippen LogP contribution in [-0.2, 0) is 32.2 Å². The van der Waals surface area contributed by atoms with Gasteiger partial charge in [0.15, 0.2) is 0 Å². The lowest BCUT2D eigenvalue weighted by Gasteiger charge is -2.33. The highest BCUT2D eigenvalue weighted by Gasteiger charge is 2.38. The lowest BCUT2D eigenvalue weighted by Crippen LogP contribution is -2.44. The van der Waals surface area contributed by atoms with E-state index in [1.807, 2.05) is 0 Å². The fourth-order valence-corrected chi connectivity index (χ4v) is 5.23. The van der Waals surface area contributed by atoms with E-state index < -0.39 is 14.8 Å². The van der Waals surface area contributed by atoms with Crippen LogP contribution < -0.4 is 0 Å². The van der Waals surface area contributed by atoms with Gasteiger partial charge in [-0.15, -0.1) is 0 Å². The first-order valence-electron chi connectivity index (χ1n) is 12.7. The van der Waals surface area contributed by atoms with E-state index in [9.17, 15) is 0 Å². The van der Waals surface area contributed by atoms with Gasteiger partial charge >= 0.3 is 8.80 Å². The van der Waals surface area contributed by atoms with Crippen LogP contribution in [0.1, 0.15) is 97.8 Å². The van der Waals surface area contributed by atoms with Crippen LogP contribution in [-0.4, -0.2) is 62.7 Å². The molecular weight excluding hydrogens is 428 g/mol. The van der Waals surface area contributed by atoms with Crippen molar-refractivity contribution in [3.8, 4) is 0 Å². The van der Waals surface area contributed by atoms with Crippen LogP contribution in [0, 0.1) is 0 Å². The Morgan fingerprint density at radius 3 is 1.50 bits per heavy atom. The third-order valence-corrected chi connectivity index (χ3v) is 8.21. The average molecular weight is 481 g/mol. The molecule has 0 aromatic carbocycles. The van der Waals surface area contributed by atoms with Crippen LogP contribution in [0.15, 0.2) is 0 Å². The summed E-state index contributed by atoms with van der Waals surface area (Å²) < 4.78 is 40.5. The number of hydrogen-bond acceptors (Lipinski definition) is 7. The van der Waals surface area contributed by atoms with Gasteiger partial charge in [0.1, 0.15) is 6.79 Å². The van der Waals surface area contributed by atoms with E-state index >= 15 is 0 Å². The molecule has 0 aliphatic carbocycles. The Kier molecular flexibility index (Phi) is 21.4. The van der Waals surface area contributed by atoms with E-state index in [0.717, 1.165) is 83.1 Å². The SMILES string of the molecule is CCCCOC(CCCCCCC[Si](OC)(OC)OCOC)(OCCCC)OCCCC. The van der Waals surface area contributed by atoms with Gasteiger partial charge in [0.2, 0.25) is 0 Å². The Hall–Kier alpha value is -0.0631. The molecule has 0 aliphatic rings. The maximum atomic E-state index is 6.20.